The van der Waals surface area contributed by atoms with Crippen molar-refractivity contribution in [3.63, 3.8) is 0 Å². The fraction of sp³-hybridized carbons (Fsp3) is 0.261. The van der Waals surface area contributed by atoms with Crippen molar-refractivity contribution in [2.75, 3.05) is 13.7 Å². The summed E-state index contributed by atoms with van der Waals surface area (Å²) in [6, 6.07) is 17.9. The first-order valence-corrected chi connectivity index (χ1v) is 9.24. The van der Waals surface area contributed by atoms with Crippen LogP contribution in [0.4, 0.5) is 4.39 Å². The van der Waals surface area contributed by atoms with Crippen LogP contribution < -0.4 is 4.74 Å². The molecule has 0 fully saturated rings. The number of carbonyl (C=O) groups is 1. The normalized spacial score (nSPS) is 11.8. The summed E-state index contributed by atoms with van der Waals surface area (Å²) >= 11 is 0. The molecule has 3 aromatic rings. The number of hydrogen-bond donors (Lipinski definition) is 0. The van der Waals surface area contributed by atoms with Crippen LogP contribution >= 0.6 is 0 Å². The second kappa shape index (κ2) is 9.22. The molecule has 1 heterocycles. The Bertz CT molecular complexity index is 873. The van der Waals surface area contributed by atoms with Crippen molar-refractivity contribution in [3.05, 3.63) is 89.6 Å². The highest BCUT2D eigenvalue weighted by molar-refractivity contribution is 5.73. The van der Waals surface area contributed by atoms with E-state index in [0.29, 0.717) is 19.5 Å². The predicted octanol–water partition coefficient (Wildman–Crippen LogP) is 5.00. The van der Waals surface area contributed by atoms with Crippen LogP contribution in [-0.4, -0.2) is 24.5 Å². The largest absolute Gasteiger partial charge is 0.497 e. The molecule has 28 heavy (non-hydrogen) atoms. The minimum atomic E-state index is -0.271. The van der Waals surface area contributed by atoms with E-state index in [9.17, 15) is 9.18 Å². The van der Waals surface area contributed by atoms with Crippen molar-refractivity contribution >= 4 is 5.91 Å². The molecule has 1 amide bonds. The van der Waals surface area contributed by atoms with E-state index in [0.717, 1.165) is 22.6 Å². The van der Waals surface area contributed by atoms with E-state index in [1.165, 1.54) is 12.1 Å². The second-order valence-corrected chi connectivity index (χ2v) is 6.70. The highest BCUT2D eigenvalue weighted by atomic mass is 19.1. The van der Waals surface area contributed by atoms with Gasteiger partial charge in [0.1, 0.15) is 17.3 Å². The quantitative estimate of drug-likeness (QED) is 0.552. The van der Waals surface area contributed by atoms with E-state index in [4.69, 9.17) is 9.15 Å². The van der Waals surface area contributed by atoms with Gasteiger partial charge >= 0.3 is 0 Å². The summed E-state index contributed by atoms with van der Waals surface area (Å²) in [6.07, 6.45) is 2.31. The highest BCUT2D eigenvalue weighted by Crippen LogP contribution is 2.29. The van der Waals surface area contributed by atoms with Gasteiger partial charge in [-0.2, -0.15) is 0 Å². The maximum atomic E-state index is 13.3. The number of furan rings is 1. The van der Waals surface area contributed by atoms with Crippen LogP contribution in [0.25, 0.3) is 0 Å². The molecule has 5 heteroatoms. The molecule has 1 atom stereocenters. The molecule has 0 aliphatic heterocycles. The lowest BCUT2D eigenvalue weighted by molar-refractivity contribution is -0.129. The Morgan fingerprint density at radius 1 is 1.11 bits per heavy atom. The summed E-state index contributed by atoms with van der Waals surface area (Å²) in [4.78, 5) is 14.0. The number of amides is 1. The zero-order valence-electron chi connectivity index (χ0n) is 16.1. The average molecular weight is 381 g/mol. The number of rotatable bonds is 8. The lowest BCUT2D eigenvalue weighted by Gasteiger charge is -2.24. The fourth-order valence-corrected chi connectivity index (χ4v) is 3.24. The first-order chi connectivity index (χ1) is 13.6. The third-order valence-corrected chi connectivity index (χ3v) is 4.82. The van der Waals surface area contributed by atoms with Crippen LogP contribution in [0.15, 0.2) is 71.3 Å². The molecule has 3 rings (SSSR count). The van der Waals surface area contributed by atoms with E-state index >= 15 is 0 Å². The van der Waals surface area contributed by atoms with E-state index < -0.39 is 0 Å². The molecule has 0 saturated carbocycles. The Morgan fingerprint density at radius 2 is 1.82 bits per heavy atom. The summed E-state index contributed by atoms with van der Waals surface area (Å²) in [5.74, 6) is 1.28. The first-order valence-electron chi connectivity index (χ1n) is 9.24. The molecule has 2 aromatic carbocycles. The molecule has 0 spiro atoms. The fourth-order valence-electron chi connectivity index (χ4n) is 3.24. The number of halogens is 1. The highest BCUT2D eigenvalue weighted by Gasteiger charge is 2.20. The average Bonchev–Trinajstić information content (AvgIpc) is 3.23. The zero-order chi connectivity index (χ0) is 19.9. The van der Waals surface area contributed by atoms with Crippen LogP contribution in [0.5, 0.6) is 5.75 Å². The molecule has 1 aromatic heterocycles. The van der Waals surface area contributed by atoms with Crippen molar-refractivity contribution < 1.29 is 18.3 Å². The van der Waals surface area contributed by atoms with Crippen molar-refractivity contribution in [1.82, 2.24) is 4.90 Å². The van der Waals surface area contributed by atoms with Crippen LogP contribution in [-0.2, 0) is 11.3 Å². The van der Waals surface area contributed by atoms with Gasteiger partial charge in [-0.3, -0.25) is 4.79 Å². The molecule has 0 saturated heterocycles. The standard InChI is InChI=1S/C23H24FNO3/c1-17(26)25(16-18-5-11-21(27-2)12-6-18)14-13-22(23-4-3-15-28-23)19-7-9-20(24)10-8-19/h3-12,15,22H,13-14,16H2,1-2H3. The Kier molecular flexibility index (Phi) is 6.48. The minimum Gasteiger partial charge on any atom is -0.497 e. The zero-order valence-corrected chi connectivity index (χ0v) is 16.1. The van der Waals surface area contributed by atoms with Gasteiger partial charge in [0.25, 0.3) is 0 Å². The van der Waals surface area contributed by atoms with Crippen molar-refractivity contribution in [2.45, 2.75) is 25.8 Å². The number of methoxy groups -OCH3 is 1. The number of nitrogens with zero attached hydrogens (tertiary/aromatic N) is 1. The van der Waals surface area contributed by atoms with Gasteiger partial charge in [-0.05, 0) is 53.9 Å². The molecular formula is C23H24FNO3. The maximum Gasteiger partial charge on any atom is 0.219 e. The maximum absolute atomic E-state index is 13.3. The molecule has 146 valence electrons. The Hall–Kier alpha value is -3.08. The number of hydrogen-bond acceptors (Lipinski definition) is 3. The van der Waals surface area contributed by atoms with Crippen molar-refractivity contribution in [2.24, 2.45) is 0 Å². The Balaban J connectivity index is 1.73. The van der Waals surface area contributed by atoms with Gasteiger partial charge in [0.2, 0.25) is 5.91 Å². The molecule has 4 nitrogen and oxygen atoms in total. The van der Waals surface area contributed by atoms with Crippen LogP contribution in [0.3, 0.4) is 0 Å². The first kappa shape index (κ1) is 19.7. The van der Waals surface area contributed by atoms with Crippen LogP contribution in [0.1, 0.15) is 36.1 Å². The molecule has 0 bridgehead atoms. The second-order valence-electron chi connectivity index (χ2n) is 6.70. The van der Waals surface area contributed by atoms with Crippen LogP contribution in [0.2, 0.25) is 0 Å². The third-order valence-electron chi connectivity index (χ3n) is 4.82. The molecule has 1 unspecified atom stereocenters. The van der Waals surface area contributed by atoms with Crippen molar-refractivity contribution in [1.29, 1.82) is 0 Å². The molecule has 0 aliphatic carbocycles. The summed E-state index contributed by atoms with van der Waals surface area (Å²) in [7, 11) is 1.63. The van der Waals surface area contributed by atoms with E-state index in [-0.39, 0.29) is 17.6 Å². The smallest absolute Gasteiger partial charge is 0.219 e. The topological polar surface area (TPSA) is 42.7 Å². The lowest BCUT2D eigenvalue weighted by Crippen LogP contribution is -2.30. The summed E-state index contributed by atoms with van der Waals surface area (Å²) in [5, 5.41) is 0. The number of benzene rings is 2. The molecule has 0 aliphatic rings. The Labute approximate surface area is 164 Å². The van der Waals surface area contributed by atoms with Gasteiger partial charge in [-0.15, -0.1) is 0 Å². The number of ether oxygens (including phenoxy) is 1. The molecule has 0 N–H and O–H groups in total. The van der Waals surface area contributed by atoms with Gasteiger partial charge in [0.05, 0.1) is 13.4 Å². The third kappa shape index (κ3) is 5.00. The molecular weight excluding hydrogens is 357 g/mol. The predicted molar refractivity (Wildman–Crippen MR) is 106 cm³/mol. The summed E-state index contributed by atoms with van der Waals surface area (Å²) < 4.78 is 24.1. The SMILES string of the molecule is COc1ccc(CN(CCC(c2ccc(F)cc2)c2ccco2)C(C)=O)cc1. The summed E-state index contributed by atoms with van der Waals surface area (Å²) in [5.41, 5.74) is 2.00. The van der Waals surface area contributed by atoms with E-state index in [1.54, 1.807) is 37.3 Å². The van der Waals surface area contributed by atoms with E-state index in [1.807, 2.05) is 36.4 Å². The minimum absolute atomic E-state index is 0.00752. The van der Waals surface area contributed by atoms with Gasteiger partial charge in [-0.25, -0.2) is 4.39 Å². The Morgan fingerprint density at radius 3 is 2.39 bits per heavy atom. The van der Waals surface area contributed by atoms with Gasteiger partial charge in [0, 0.05) is 25.9 Å². The molecule has 0 radical (unpaired) electrons. The van der Waals surface area contributed by atoms with Crippen LogP contribution in [0, 0.1) is 5.82 Å². The van der Waals surface area contributed by atoms with Gasteiger partial charge < -0.3 is 14.1 Å². The lowest BCUT2D eigenvalue weighted by atomic mass is 9.93. The summed E-state index contributed by atoms with van der Waals surface area (Å²) in [6.45, 7) is 2.65. The van der Waals surface area contributed by atoms with Gasteiger partial charge in [-0.1, -0.05) is 24.3 Å². The number of carbonyl (C=O) groups excluding carboxylic acids is 1. The van der Waals surface area contributed by atoms with Gasteiger partial charge in [0.15, 0.2) is 0 Å². The monoisotopic (exact) mass is 381 g/mol. The van der Waals surface area contributed by atoms with Crippen molar-refractivity contribution in [3.8, 4) is 5.75 Å². The van der Waals surface area contributed by atoms with E-state index in [2.05, 4.69) is 0 Å².